The van der Waals surface area contributed by atoms with Crippen LogP contribution in [0.2, 0.25) is 0 Å². The largest absolute Gasteiger partial charge is 0.477 e. The van der Waals surface area contributed by atoms with Crippen LogP contribution in [0.25, 0.3) is 0 Å². The van der Waals surface area contributed by atoms with E-state index in [4.69, 9.17) is 18.9 Å². The molecule has 0 saturated heterocycles. The third-order valence-electron chi connectivity index (χ3n) is 17.8. The molecule has 576 valence electrons. The fourth-order valence-corrected chi connectivity index (χ4v) is 11.5. The van der Waals surface area contributed by atoms with Crippen LogP contribution in [0.15, 0.2) is 158 Å². The molecule has 0 radical (unpaired) electrons. The molecular formula is C92H156NO8+. The second-order valence-corrected chi connectivity index (χ2v) is 28.7. The predicted molar refractivity (Wildman–Crippen MR) is 437 cm³/mol. The number of carboxylic acid groups (broad SMARTS) is 1. The zero-order chi connectivity index (χ0) is 73.2. The number of carbonyl (C=O) groups is 3. The number of esters is 2. The summed E-state index contributed by atoms with van der Waals surface area (Å²) in [6, 6.07) is 0. The topological polar surface area (TPSA) is 108 Å². The van der Waals surface area contributed by atoms with Gasteiger partial charge in [-0.15, -0.1) is 0 Å². The molecule has 0 aliphatic heterocycles. The van der Waals surface area contributed by atoms with Gasteiger partial charge in [0, 0.05) is 12.8 Å². The summed E-state index contributed by atoms with van der Waals surface area (Å²) in [4.78, 5) is 37.8. The number of aliphatic carboxylic acids is 1. The van der Waals surface area contributed by atoms with Crippen molar-refractivity contribution >= 4 is 17.9 Å². The van der Waals surface area contributed by atoms with Crippen LogP contribution in [0.5, 0.6) is 0 Å². The highest BCUT2D eigenvalue weighted by Crippen LogP contribution is 2.19. The van der Waals surface area contributed by atoms with Crippen LogP contribution in [0.1, 0.15) is 348 Å². The van der Waals surface area contributed by atoms with Crippen molar-refractivity contribution < 1.29 is 42.9 Å². The van der Waals surface area contributed by atoms with E-state index < -0.39 is 24.3 Å². The first-order valence-electron chi connectivity index (χ1n) is 41.6. The maximum Gasteiger partial charge on any atom is 0.361 e. The van der Waals surface area contributed by atoms with E-state index in [0.29, 0.717) is 23.9 Å². The maximum absolute atomic E-state index is 13.0. The monoisotopic (exact) mass is 1400 g/mol. The van der Waals surface area contributed by atoms with Gasteiger partial charge in [0.25, 0.3) is 6.29 Å². The highest BCUT2D eigenvalue weighted by Gasteiger charge is 2.25. The first-order chi connectivity index (χ1) is 49.6. The number of hydrogen-bond donors (Lipinski definition) is 1. The minimum atomic E-state index is -1.52. The number of nitrogens with zero attached hydrogens (tertiary/aromatic N) is 1. The zero-order valence-electron chi connectivity index (χ0n) is 66.0. The van der Waals surface area contributed by atoms with Gasteiger partial charge in [-0.1, -0.05) is 371 Å². The number of quaternary nitrogens is 1. The summed E-state index contributed by atoms with van der Waals surface area (Å²) < 4.78 is 23.1. The smallest absolute Gasteiger partial charge is 0.361 e. The van der Waals surface area contributed by atoms with Gasteiger partial charge in [0.05, 0.1) is 34.4 Å². The van der Waals surface area contributed by atoms with Crippen molar-refractivity contribution in [1.29, 1.82) is 0 Å². The molecule has 2 atom stereocenters. The van der Waals surface area contributed by atoms with Crippen molar-refractivity contribution in [3.63, 3.8) is 0 Å². The number of ether oxygens (including phenoxy) is 4. The molecular weight excluding hydrogens is 1250 g/mol. The van der Waals surface area contributed by atoms with Crippen LogP contribution in [0, 0.1) is 0 Å². The Kier molecular flexibility index (Phi) is 76.5. The van der Waals surface area contributed by atoms with E-state index in [1.165, 1.54) is 193 Å². The van der Waals surface area contributed by atoms with Crippen LogP contribution >= 0.6 is 0 Å². The van der Waals surface area contributed by atoms with Gasteiger partial charge >= 0.3 is 17.9 Å². The lowest BCUT2D eigenvalue weighted by Crippen LogP contribution is -2.40. The van der Waals surface area contributed by atoms with Crippen molar-refractivity contribution in [3.8, 4) is 0 Å². The van der Waals surface area contributed by atoms with Gasteiger partial charge in [0.2, 0.25) is 0 Å². The normalized spacial score (nSPS) is 13.5. The number of rotatable bonds is 76. The second-order valence-electron chi connectivity index (χ2n) is 28.7. The van der Waals surface area contributed by atoms with E-state index in [1.54, 1.807) is 0 Å². The molecule has 0 fully saturated rings. The van der Waals surface area contributed by atoms with E-state index in [2.05, 4.69) is 172 Å². The number of unbranched alkanes of at least 4 members (excludes halogenated alkanes) is 35. The van der Waals surface area contributed by atoms with Crippen molar-refractivity contribution in [2.24, 2.45) is 0 Å². The van der Waals surface area contributed by atoms with Crippen molar-refractivity contribution in [3.05, 3.63) is 158 Å². The van der Waals surface area contributed by atoms with E-state index >= 15 is 0 Å². The molecule has 1 N–H and O–H groups in total. The summed E-state index contributed by atoms with van der Waals surface area (Å²) in [7, 11) is 5.99. The van der Waals surface area contributed by atoms with E-state index in [-0.39, 0.29) is 32.2 Å². The molecule has 0 aliphatic carbocycles. The van der Waals surface area contributed by atoms with Crippen molar-refractivity contribution in [1.82, 2.24) is 0 Å². The third-order valence-corrected chi connectivity index (χ3v) is 17.8. The lowest BCUT2D eigenvalue weighted by atomic mass is 10.0. The Morgan fingerprint density at radius 3 is 0.792 bits per heavy atom. The highest BCUT2D eigenvalue weighted by atomic mass is 16.7. The zero-order valence-corrected chi connectivity index (χ0v) is 66.0. The van der Waals surface area contributed by atoms with Gasteiger partial charge in [-0.25, -0.2) is 4.79 Å². The number of allylic oxidation sites excluding steroid dienone is 26. The van der Waals surface area contributed by atoms with Crippen LogP contribution in [-0.4, -0.2) is 87.4 Å². The first-order valence-corrected chi connectivity index (χ1v) is 41.6. The summed E-state index contributed by atoms with van der Waals surface area (Å²) in [5, 5.41) is 9.78. The number of likely N-dealkylation sites (N-methyl/N-ethyl adjacent to an activating group) is 1. The molecule has 9 heteroatoms. The fraction of sp³-hybridized carbons (Fsp3) is 0.685. The Balaban J connectivity index is 4.03. The van der Waals surface area contributed by atoms with Crippen LogP contribution in [-0.2, 0) is 33.3 Å². The molecule has 0 heterocycles. The molecule has 0 aromatic rings. The molecule has 0 spiro atoms. The van der Waals surface area contributed by atoms with E-state index in [0.717, 1.165) is 122 Å². The van der Waals surface area contributed by atoms with Gasteiger partial charge in [-0.3, -0.25) is 9.59 Å². The minimum absolute atomic E-state index is 0.183. The Labute approximate surface area is 623 Å². The Hall–Kier alpha value is -5.09. The van der Waals surface area contributed by atoms with Gasteiger partial charge < -0.3 is 28.5 Å². The minimum Gasteiger partial charge on any atom is -0.477 e. The molecule has 2 unspecified atom stereocenters. The Morgan fingerprint density at radius 1 is 0.297 bits per heavy atom. The molecule has 0 saturated carbocycles. The molecule has 0 amide bonds. The standard InChI is InChI=1S/C92H155NO8/c1-6-8-10-12-14-16-18-20-22-24-26-28-30-32-34-36-38-40-42-43-44-45-46-47-49-51-53-55-57-59-61-63-65-67-69-71-73-75-77-79-81-83-90(95)101-88(87-100-92(91(96)97)98-85-84-93(3,4)5)86-99-89(94)82-80-78-76-74-72-70-68-66-64-62-60-58-56-54-52-50-48-41-39-37-35-33-31-29-27-25-23-21-19-17-15-13-11-9-7-2/h8-11,14-17,20-23,26-29,32,34,38,40,43-44,46-47,51,53,88,92H,6-7,12-13,18-19,24-25,30-31,33,35-37,39,41-42,45,48-50,52,54-87H2,1-5H3/p+1/b10-8-,11-9-,16-14-,17-15-,22-20-,23-21-,28-26-,29-27-,34-32-,40-38-,44-43-,47-46-,53-51-. The van der Waals surface area contributed by atoms with Gasteiger partial charge in [-0.2, -0.15) is 0 Å². The van der Waals surface area contributed by atoms with Crippen molar-refractivity contribution in [2.75, 3.05) is 47.5 Å². The van der Waals surface area contributed by atoms with Gasteiger partial charge in [0.1, 0.15) is 13.2 Å². The maximum atomic E-state index is 13.0. The third kappa shape index (κ3) is 82.1. The molecule has 0 aromatic heterocycles. The highest BCUT2D eigenvalue weighted by molar-refractivity contribution is 5.71. The number of carboxylic acids is 1. The fourth-order valence-electron chi connectivity index (χ4n) is 11.5. The van der Waals surface area contributed by atoms with Crippen LogP contribution < -0.4 is 0 Å². The van der Waals surface area contributed by atoms with Crippen LogP contribution in [0.3, 0.4) is 0 Å². The summed E-state index contributed by atoms with van der Waals surface area (Å²) in [6.07, 6.45) is 117. The second kappa shape index (κ2) is 80.6. The molecule has 0 rings (SSSR count). The van der Waals surface area contributed by atoms with E-state index in [1.807, 2.05) is 21.1 Å². The molecule has 101 heavy (non-hydrogen) atoms. The van der Waals surface area contributed by atoms with Crippen molar-refractivity contribution in [2.45, 2.75) is 360 Å². The summed E-state index contributed by atoms with van der Waals surface area (Å²) in [6.45, 7) is 4.68. The lowest BCUT2D eigenvalue weighted by molar-refractivity contribution is -0.870. The molecule has 0 aliphatic rings. The summed E-state index contributed by atoms with van der Waals surface area (Å²) in [5.41, 5.74) is 0. The average molecular weight is 1400 g/mol. The summed E-state index contributed by atoms with van der Waals surface area (Å²) >= 11 is 0. The quantitative estimate of drug-likeness (QED) is 0.0211. The number of carbonyl (C=O) groups excluding carboxylic acids is 2. The van der Waals surface area contributed by atoms with Gasteiger partial charge in [0.15, 0.2) is 6.10 Å². The molecule has 9 nitrogen and oxygen atoms in total. The van der Waals surface area contributed by atoms with Crippen LogP contribution in [0.4, 0.5) is 0 Å². The molecule has 0 aromatic carbocycles. The first kappa shape index (κ1) is 95.9. The Bertz CT molecular complexity index is 2230. The van der Waals surface area contributed by atoms with E-state index in [9.17, 15) is 19.5 Å². The average Bonchev–Trinajstić information content (AvgIpc) is 1.21. The number of hydrogen-bond acceptors (Lipinski definition) is 7. The molecule has 0 bridgehead atoms. The summed E-state index contributed by atoms with van der Waals surface area (Å²) in [5.74, 6) is -2.00. The predicted octanol–water partition coefficient (Wildman–Crippen LogP) is 27.1. The van der Waals surface area contributed by atoms with Gasteiger partial charge in [-0.05, 0) is 122 Å². The Morgan fingerprint density at radius 2 is 0.535 bits per heavy atom. The lowest BCUT2D eigenvalue weighted by Gasteiger charge is -2.25. The SMILES string of the molecule is CC/C=C\C/C=C\C/C=C\C/C=C\C/C=C\C/C=C\C/C=C\C/C=C\C/C=C\CCCCCCCCCCCCCCCC(=O)OC(COC(=O)CCCCCCCCCCCCCCCCCCCCCCCC/C=C\C/C=C\C/C=C\C/C=C\CC)COC(OCC[N+](C)(C)C)C(=O)O.